The normalized spacial score (nSPS) is 14.2. The zero-order chi connectivity index (χ0) is 22.2. The molecule has 0 radical (unpaired) electrons. The molecule has 0 fully saturated rings. The van der Waals surface area contributed by atoms with E-state index in [1.54, 1.807) is 35.2 Å². The van der Waals surface area contributed by atoms with Gasteiger partial charge >= 0.3 is 0 Å². The number of hydroxylamine groups is 1. The molecule has 1 aliphatic heterocycles. The van der Waals surface area contributed by atoms with Crippen LogP contribution in [-0.2, 0) is 4.84 Å². The van der Waals surface area contributed by atoms with Gasteiger partial charge in [-0.25, -0.2) is 4.39 Å². The van der Waals surface area contributed by atoms with Gasteiger partial charge < -0.3 is 10.3 Å². The smallest absolute Gasteiger partial charge is 0.258 e. The average Bonchev–Trinajstić information content (AvgIpc) is 3.00. The second-order valence-corrected chi connectivity index (χ2v) is 7.87. The van der Waals surface area contributed by atoms with E-state index >= 15 is 0 Å². The number of benzene rings is 2. The molecule has 158 valence electrons. The third-order valence-corrected chi connectivity index (χ3v) is 5.33. The molecule has 6 nitrogen and oxygen atoms in total. The SMILES string of the molecule is CO[N+]1=C(C(C)(C)NC(=O)c2cc3[nH]c4ccccc4c(=O)c3cc2F)C=CCC=C1. The molecule has 2 heterocycles. The molecule has 0 unspecified atom stereocenters. The van der Waals surface area contributed by atoms with Crippen molar-refractivity contribution in [2.24, 2.45) is 0 Å². The van der Waals surface area contributed by atoms with Gasteiger partial charge in [0.2, 0.25) is 6.20 Å². The van der Waals surface area contributed by atoms with Gasteiger partial charge in [0.05, 0.1) is 11.1 Å². The maximum atomic E-state index is 14.9. The molecule has 3 aromatic rings. The number of nitrogens with zero attached hydrogens (tertiary/aromatic N) is 1. The molecule has 1 amide bonds. The Balaban J connectivity index is 1.76. The Bertz CT molecular complexity index is 1350. The molecule has 0 atom stereocenters. The van der Waals surface area contributed by atoms with Gasteiger partial charge in [0.25, 0.3) is 11.6 Å². The van der Waals surface area contributed by atoms with E-state index in [9.17, 15) is 14.0 Å². The summed E-state index contributed by atoms with van der Waals surface area (Å²) >= 11 is 0. The van der Waals surface area contributed by atoms with E-state index in [0.29, 0.717) is 22.1 Å². The number of pyridine rings is 1. The predicted octanol–water partition coefficient (Wildman–Crippen LogP) is 3.82. The number of fused-ring (bicyclic) bond motifs is 2. The predicted molar refractivity (Wildman–Crippen MR) is 119 cm³/mol. The molecule has 1 aromatic heterocycles. The summed E-state index contributed by atoms with van der Waals surface area (Å²) in [6, 6.07) is 9.50. The minimum Gasteiger partial charge on any atom is -0.354 e. The fourth-order valence-electron chi connectivity index (χ4n) is 3.75. The van der Waals surface area contributed by atoms with E-state index in [-0.39, 0.29) is 16.4 Å². The summed E-state index contributed by atoms with van der Waals surface area (Å²) in [6.45, 7) is 3.62. The van der Waals surface area contributed by atoms with Crippen LogP contribution in [0.2, 0.25) is 0 Å². The van der Waals surface area contributed by atoms with E-state index in [1.165, 1.54) is 13.2 Å². The van der Waals surface area contributed by atoms with Crippen LogP contribution in [0.3, 0.4) is 0 Å². The summed E-state index contributed by atoms with van der Waals surface area (Å²) < 4.78 is 16.5. The van der Waals surface area contributed by atoms with Crippen molar-refractivity contribution in [3.8, 4) is 0 Å². The van der Waals surface area contributed by atoms with Crippen LogP contribution >= 0.6 is 0 Å². The molecule has 1 aliphatic rings. The lowest BCUT2D eigenvalue weighted by Gasteiger charge is -2.23. The Morgan fingerprint density at radius 1 is 1.16 bits per heavy atom. The molecule has 0 aliphatic carbocycles. The number of carbonyl (C=O) groups is 1. The maximum absolute atomic E-state index is 14.9. The highest BCUT2D eigenvalue weighted by molar-refractivity contribution is 6.05. The molecule has 0 saturated heterocycles. The van der Waals surface area contributed by atoms with Crippen LogP contribution in [0.5, 0.6) is 0 Å². The number of nitrogens with one attached hydrogen (secondary N) is 2. The first kappa shape index (κ1) is 20.5. The Morgan fingerprint density at radius 2 is 1.94 bits per heavy atom. The van der Waals surface area contributed by atoms with Crippen molar-refractivity contribution in [1.29, 1.82) is 0 Å². The number of hydrogen-bond acceptors (Lipinski definition) is 3. The van der Waals surface area contributed by atoms with Crippen LogP contribution in [0.25, 0.3) is 21.8 Å². The van der Waals surface area contributed by atoms with Crippen molar-refractivity contribution in [3.63, 3.8) is 0 Å². The fourth-order valence-corrected chi connectivity index (χ4v) is 3.75. The third kappa shape index (κ3) is 3.74. The largest absolute Gasteiger partial charge is 0.354 e. The summed E-state index contributed by atoms with van der Waals surface area (Å²) in [5.74, 6) is -1.35. The number of rotatable bonds is 4. The topological polar surface area (TPSA) is 74.2 Å². The molecule has 2 N–H and O–H groups in total. The number of amides is 1. The van der Waals surface area contributed by atoms with Gasteiger partial charge in [0, 0.05) is 27.1 Å². The van der Waals surface area contributed by atoms with Crippen molar-refractivity contribution < 1.29 is 18.8 Å². The maximum Gasteiger partial charge on any atom is 0.258 e. The van der Waals surface area contributed by atoms with Crippen molar-refractivity contribution >= 4 is 33.4 Å². The van der Waals surface area contributed by atoms with Gasteiger partial charge in [-0.3, -0.25) is 14.4 Å². The Hall–Kier alpha value is -3.74. The van der Waals surface area contributed by atoms with Crippen LogP contribution in [0.1, 0.15) is 30.6 Å². The van der Waals surface area contributed by atoms with E-state index < -0.39 is 17.3 Å². The minimum atomic E-state index is -0.865. The van der Waals surface area contributed by atoms with E-state index in [0.717, 1.165) is 12.5 Å². The zero-order valence-corrected chi connectivity index (χ0v) is 17.5. The third-order valence-electron chi connectivity index (χ3n) is 5.33. The van der Waals surface area contributed by atoms with Gasteiger partial charge in [-0.05, 0) is 50.6 Å². The van der Waals surface area contributed by atoms with E-state index in [4.69, 9.17) is 4.84 Å². The number of aromatic amines is 1. The lowest BCUT2D eigenvalue weighted by Crippen LogP contribution is -2.51. The summed E-state index contributed by atoms with van der Waals surface area (Å²) in [6.07, 6.45) is 8.24. The van der Waals surface area contributed by atoms with Crippen molar-refractivity contribution in [3.05, 3.63) is 82.4 Å². The summed E-state index contributed by atoms with van der Waals surface area (Å²) in [5, 5.41) is 3.54. The number of aromatic nitrogens is 1. The van der Waals surface area contributed by atoms with E-state index in [1.807, 2.05) is 32.1 Å². The molecule has 2 aromatic carbocycles. The minimum absolute atomic E-state index is 0.149. The quantitative estimate of drug-likeness (QED) is 0.498. The number of para-hydroxylation sites is 1. The Morgan fingerprint density at radius 3 is 2.71 bits per heavy atom. The van der Waals surface area contributed by atoms with Crippen LogP contribution in [0.15, 0.2) is 65.6 Å². The Kier molecular flexibility index (Phi) is 5.19. The van der Waals surface area contributed by atoms with Gasteiger partial charge in [-0.15, -0.1) is 0 Å². The van der Waals surface area contributed by atoms with Gasteiger partial charge in [-0.1, -0.05) is 18.2 Å². The first-order valence-corrected chi connectivity index (χ1v) is 9.92. The van der Waals surface area contributed by atoms with Crippen LogP contribution in [-0.4, -0.2) is 34.0 Å². The first-order valence-electron chi connectivity index (χ1n) is 9.92. The van der Waals surface area contributed by atoms with Crippen molar-refractivity contribution in [2.45, 2.75) is 25.8 Å². The Labute approximate surface area is 178 Å². The average molecular weight is 420 g/mol. The number of allylic oxidation sites excluding steroid dienone is 2. The van der Waals surface area contributed by atoms with Crippen molar-refractivity contribution in [1.82, 2.24) is 10.3 Å². The monoisotopic (exact) mass is 420 g/mol. The number of H-pyrrole nitrogens is 1. The molecular weight excluding hydrogens is 397 g/mol. The number of hydrogen-bond donors (Lipinski definition) is 2. The summed E-state index contributed by atoms with van der Waals surface area (Å²) in [5.41, 5.74) is 0.423. The highest BCUT2D eigenvalue weighted by Crippen LogP contribution is 2.20. The fraction of sp³-hybridized carbons (Fsp3) is 0.208. The van der Waals surface area contributed by atoms with Crippen LogP contribution in [0, 0.1) is 5.82 Å². The lowest BCUT2D eigenvalue weighted by atomic mass is 9.96. The second kappa shape index (κ2) is 7.83. The molecule has 4 rings (SSSR count). The number of carbonyl (C=O) groups excluding carboxylic acids is 1. The van der Waals surface area contributed by atoms with Gasteiger partial charge in [0.15, 0.2) is 5.43 Å². The molecule has 0 saturated carbocycles. The zero-order valence-electron chi connectivity index (χ0n) is 17.5. The standard InChI is InChI=1S/C24H22FN3O3/c1-24(2,21-11-5-4-8-12-28(21)31-3)27-23(30)16-14-20-17(13-18(16)25)22(29)15-9-6-7-10-19(15)26-20/h5-14H,4H2,1-3H3,(H-,26,27,29,30)/p+1. The summed E-state index contributed by atoms with van der Waals surface area (Å²) in [7, 11) is 1.53. The molecular formula is C24H23FN3O3+. The molecule has 7 heteroatoms. The molecule has 0 bridgehead atoms. The summed E-state index contributed by atoms with van der Waals surface area (Å²) in [4.78, 5) is 34.3. The lowest BCUT2D eigenvalue weighted by molar-refractivity contribution is -0.733. The second-order valence-electron chi connectivity index (χ2n) is 7.87. The highest BCUT2D eigenvalue weighted by atomic mass is 19.1. The highest BCUT2D eigenvalue weighted by Gasteiger charge is 2.35. The molecule has 31 heavy (non-hydrogen) atoms. The van der Waals surface area contributed by atoms with Gasteiger partial charge in [0.1, 0.15) is 18.5 Å². The number of halogens is 1. The van der Waals surface area contributed by atoms with Gasteiger partial charge in [-0.2, -0.15) is 0 Å². The van der Waals surface area contributed by atoms with Crippen LogP contribution in [0.4, 0.5) is 4.39 Å². The van der Waals surface area contributed by atoms with Crippen LogP contribution < -0.4 is 10.7 Å². The van der Waals surface area contributed by atoms with E-state index in [2.05, 4.69) is 10.3 Å². The van der Waals surface area contributed by atoms with Crippen molar-refractivity contribution in [2.75, 3.05) is 7.11 Å². The molecule has 0 spiro atoms. The first-order chi connectivity index (χ1) is 14.8.